The predicted octanol–water partition coefficient (Wildman–Crippen LogP) is 5.12. The summed E-state index contributed by atoms with van der Waals surface area (Å²) in [5.74, 6) is 0.811. The lowest BCUT2D eigenvalue weighted by Crippen LogP contribution is -2.13. The van der Waals surface area contributed by atoms with Crippen LogP contribution >= 0.6 is 0 Å². The average molecular weight is 378 g/mol. The first kappa shape index (κ1) is 21.0. The minimum atomic E-state index is -0.451. The summed E-state index contributed by atoms with van der Waals surface area (Å²) in [5.41, 5.74) is 2.45. The third-order valence-corrected chi connectivity index (χ3v) is 4.01. The summed E-state index contributed by atoms with van der Waals surface area (Å²) in [6.45, 7) is 7.09. The molecule has 5 heteroatoms. The molecule has 0 aliphatic carbocycles. The van der Waals surface area contributed by atoms with Crippen LogP contribution in [0.5, 0.6) is 11.5 Å². The van der Waals surface area contributed by atoms with E-state index in [9.17, 15) is 10.1 Å². The van der Waals surface area contributed by atoms with Gasteiger partial charge in [-0.1, -0.05) is 37.1 Å². The number of carbonyl (C=O) groups is 1. The molecule has 0 aliphatic rings. The third kappa shape index (κ3) is 6.17. The highest BCUT2D eigenvalue weighted by Gasteiger charge is 2.11. The van der Waals surface area contributed by atoms with Crippen molar-refractivity contribution in [3.63, 3.8) is 0 Å². The van der Waals surface area contributed by atoms with E-state index in [-0.39, 0.29) is 5.57 Å². The van der Waals surface area contributed by atoms with Gasteiger partial charge < -0.3 is 14.8 Å². The summed E-state index contributed by atoms with van der Waals surface area (Å²) in [5, 5.41) is 12.2. The number of anilines is 1. The minimum absolute atomic E-state index is 0.0164. The summed E-state index contributed by atoms with van der Waals surface area (Å²) in [6, 6.07) is 14.8. The number of nitrogens with zero attached hydrogens (tertiary/aromatic N) is 1. The van der Waals surface area contributed by atoms with Gasteiger partial charge in [-0.05, 0) is 56.2 Å². The van der Waals surface area contributed by atoms with Gasteiger partial charge in [0.1, 0.15) is 11.6 Å². The zero-order valence-electron chi connectivity index (χ0n) is 16.6. The fraction of sp³-hybridized carbons (Fsp3) is 0.304. The largest absolute Gasteiger partial charge is 0.490 e. The van der Waals surface area contributed by atoms with Crippen LogP contribution in [0.4, 0.5) is 5.69 Å². The molecule has 0 unspecified atom stereocenters. The maximum Gasteiger partial charge on any atom is 0.266 e. The second kappa shape index (κ2) is 10.8. The van der Waals surface area contributed by atoms with Crippen molar-refractivity contribution in [3.8, 4) is 17.6 Å². The lowest BCUT2D eigenvalue weighted by Gasteiger charge is -2.12. The Morgan fingerprint density at radius 2 is 1.86 bits per heavy atom. The summed E-state index contributed by atoms with van der Waals surface area (Å²) in [4.78, 5) is 12.4. The van der Waals surface area contributed by atoms with Crippen molar-refractivity contribution in [3.05, 3.63) is 59.2 Å². The first-order valence-corrected chi connectivity index (χ1v) is 9.46. The summed E-state index contributed by atoms with van der Waals surface area (Å²) >= 11 is 0. The van der Waals surface area contributed by atoms with Crippen LogP contribution in [0.3, 0.4) is 0 Å². The first-order chi connectivity index (χ1) is 13.6. The Hall–Kier alpha value is -3.26. The molecule has 146 valence electrons. The zero-order valence-corrected chi connectivity index (χ0v) is 16.6. The van der Waals surface area contributed by atoms with E-state index in [1.165, 1.54) is 0 Å². The van der Waals surface area contributed by atoms with Crippen LogP contribution in [0.1, 0.15) is 37.8 Å². The van der Waals surface area contributed by atoms with Crippen LogP contribution in [0, 0.1) is 18.3 Å². The monoisotopic (exact) mass is 378 g/mol. The number of nitriles is 1. The fourth-order valence-electron chi connectivity index (χ4n) is 2.48. The van der Waals surface area contributed by atoms with Gasteiger partial charge in [-0.15, -0.1) is 0 Å². The number of unbranched alkanes of at least 4 members (excludes halogenated alkanes) is 1. The van der Waals surface area contributed by atoms with E-state index in [2.05, 4.69) is 12.2 Å². The molecule has 0 bridgehead atoms. The lowest BCUT2D eigenvalue weighted by atomic mass is 10.1. The highest BCUT2D eigenvalue weighted by molar-refractivity contribution is 6.09. The van der Waals surface area contributed by atoms with E-state index in [1.54, 1.807) is 36.4 Å². The van der Waals surface area contributed by atoms with E-state index >= 15 is 0 Å². The van der Waals surface area contributed by atoms with Gasteiger partial charge in [0.25, 0.3) is 5.91 Å². The van der Waals surface area contributed by atoms with Crippen molar-refractivity contribution in [2.75, 3.05) is 18.5 Å². The molecule has 0 aliphatic heterocycles. The Morgan fingerprint density at radius 3 is 2.50 bits per heavy atom. The molecule has 0 heterocycles. The van der Waals surface area contributed by atoms with E-state index in [4.69, 9.17) is 9.47 Å². The van der Waals surface area contributed by atoms with Gasteiger partial charge in [-0.3, -0.25) is 4.79 Å². The Labute approximate surface area is 166 Å². The Balaban J connectivity index is 2.19. The smallest absolute Gasteiger partial charge is 0.266 e. The molecule has 0 aromatic heterocycles. The standard InChI is InChI=1S/C23H26N2O3/c1-4-6-13-28-21-12-9-18(15-22(21)27-5-2)14-19(16-24)23(26)25-20-10-7-17(3)8-11-20/h7-12,14-15H,4-6,13H2,1-3H3,(H,25,26). The molecule has 0 atom stereocenters. The van der Waals surface area contributed by atoms with Crippen LogP contribution in [-0.4, -0.2) is 19.1 Å². The van der Waals surface area contributed by atoms with Crippen molar-refractivity contribution in [2.24, 2.45) is 0 Å². The number of benzene rings is 2. The molecule has 2 aromatic rings. The second-order valence-electron chi connectivity index (χ2n) is 6.33. The SMILES string of the molecule is CCCCOc1ccc(C=C(C#N)C(=O)Nc2ccc(C)cc2)cc1OCC. The maximum absolute atomic E-state index is 12.4. The molecule has 0 radical (unpaired) electrons. The fourth-order valence-corrected chi connectivity index (χ4v) is 2.48. The molecule has 28 heavy (non-hydrogen) atoms. The number of ether oxygens (including phenoxy) is 2. The van der Waals surface area contributed by atoms with Gasteiger partial charge in [-0.25, -0.2) is 0 Å². The summed E-state index contributed by atoms with van der Waals surface area (Å²) in [7, 11) is 0. The average Bonchev–Trinajstić information content (AvgIpc) is 2.69. The van der Waals surface area contributed by atoms with Crippen LogP contribution in [-0.2, 0) is 4.79 Å². The second-order valence-corrected chi connectivity index (χ2v) is 6.33. The molecule has 0 saturated heterocycles. The van der Waals surface area contributed by atoms with Gasteiger partial charge in [-0.2, -0.15) is 5.26 Å². The maximum atomic E-state index is 12.4. The predicted molar refractivity (Wildman–Crippen MR) is 111 cm³/mol. The number of nitrogens with one attached hydrogen (secondary N) is 1. The Morgan fingerprint density at radius 1 is 1.11 bits per heavy atom. The lowest BCUT2D eigenvalue weighted by molar-refractivity contribution is -0.112. The number of amides is 1. The number of rotatable bonds is 9. The van der Waals surface area contributed by atoms with Gasteiger partial charge in [0.15, 0.2) is 11.5 Å². The molecule has 1 amide bonds. The minimum Gasteiger partial charge on any atom is -0.490 e. The van der Waals surface area contributed by atoms with Crippen LogP contribution in [0.15, 0.2) is 48.0 Å². The zero-order chi connectivity index (χ0) is 20.4. The van der Waals surface area contributed by atoms with Gasteiger partial charge in [0.2, 0.25) is 0 Å². The number of aryl methyl sites for hydroxylation is 1. The van der Waals surface area contributed by atoms with Gasteiger partial charge in [0.05, 0.1) is 13.2 Å². The number of carbonyl (C=O) groups excluding carboxylic acids is 1. The molecule has 2 aromatic carbocycles. The van der Waals surface area contributed by atoms with Gasteiger partial charge >= 0.3 is 0 Å². The van der Waals surface area contributed by atoms with E-state index in [1.807, 2.05) is 32.0 Å². The highest BCUT2D eigenvalue weighted by atomic mass is 16.5. The van der Waals surface area contributed by atoms with Crippen molar-refractivity contribution in [2.45, 2.75) is 33.6 Å². The molecule has 5 nitrogen and oxygen atoms in total. The Bertz CT molecular complexity index is 864. The van der Waals surface area contributed by atoms with Crippen LogP contribution in [0.25, 0.3) is 6.08 Å². The van der Waals surface area contributed by atoms with Crippen molar-refractivity contribution in [1.29, 1.82) is 5.26 Å². The quantitative estimate of drug-likeness (QED) is 0.373. The van der Waals surface area contributed by atoms with E-state index in [0.29, 0.717) is 36.0 Å². The third-order valence-electron chi connectivity index (χ3n) is 4.01. The van der Waals surface area contributed by atoms with Gasteiger partial charge in [0, 0.05) is 5.69 Å². The Kier molecular flexibility index (Phi) is 8.11. The number of hydrogen-bond acceptors (Lipinski definition) is 4. The molecule has 1 N–H and O–H groups in total. The van der Waals surface area contributed by atoms with Crippen LogP contribution in [0.2, 0.25) is 0 Å². The highest BCUT2D eigenvalue weighted by Crippen LogP contribution is 2.29. The molecule has 0 fully saturated rings. The first-order valence-electron chi connectivity index (χ1n) is 9.46. The molecule has 2 rings (SSSR count). The molecule has 0 saturated carbocycles. The van der Waals surface area contributed by atoms with Crippen molar-refractivity contribution >= 4 is 17.7 Å². The number of hydrogen-bond donors (Lipinski definition) is 1. The molecular formula is C23H26N2O3. The molecule has 0 spiro atoms. The van der Waals surface area contributed by atoms with Crippen LogP contribution < -0.4 is 14.8 Å². The summed E-state index contributed by atoms with van der Waals surface area (Å²) < 4.78 is 11.4. The summed E-state index contributed by atoms with van der Waals surface area (Å²) in [6.07, 6.45) is 3.55. The van der Waals surface area contributed by atoms with E-state index in [0.717, 1.165) is 18.4 Å². The van der Waals surface area contributed by atoms with Crippen molar-refractivity contribution < 1.29 is 14.3 Å². The van der Waals surface area contributed by atoms with Crippen molar-refractivity contribution in [1.82, 2.24) is 0 Å². The normalized spacial score (nSPS) is 10.9. The topological polar surface area (TPSA) is 71.3 Å². The van der Waals surface area contributed by atoms with E-state index < -0.39 is 5.91 Å². The molecular weight excluding hydrogens is 352 g/mol.